The smallest absolute Gasteiger partial charge is 0.501 e. The topological polar surface area (TPSA) is 66.0 Å². The van der Waals surface area contributed by atoms with Gasteiger partial charge in [0.2, 0.25) is 0 Å². The van der Waals surface area contributed by atoms with Crippen LogP contribution in [0.1, 0.15) is 22.3 Å². The van der Waals surface area contributed by atoms with E-state index in [0.717, 1.165) is 93.0 Å². The fourth-order valence-corrected chi connectivity index (χ4v) is 7.43. The number of fused-ring (bicyclic) bond motifs is 3. The Bertz CT molecular complexity index is 2870. The standard InChI is InChI=1S/C38H30N2O.C16H11N2O.Ir/c1-2-12-31(13-3-1)36-28-30(24-26-40-36)21-23-33-15-5-7-19-38(33)41-37-18-6-4-14-32(37)22-20-29-11-10-16-34(27-29)35-17-8-9-25-39-35;1-18-10-9-17-16(18)13-7-4-6-12-11-5-2-3-8-14(11)19-15(12)13;/h1-12,14-15,17-19,24-28H,20-23H2;2-6,8-10H,1H3;/q-2;-1;+3. The van der Waals surface area contributed by atoms with Gasteiger partial charge in [-0.15, -0.1) is 89.5 Å². The summed E-state index contributed by atoms with van der Waals surface area (Å²) >= 11 is 0. The number of ether oxygens (including phenoxy) is 1. The molecule has 0 saturated heterocycles. The minimum Gasteiger partial charge on any atom is -0.501 e. The third-order valence-electron chi connectivity index (χ3n) is 10.5. The van der Waals surface area contributed by atoms with E-state index in [2.05, 4.69) is 99.9 Å². The molecule has 0 amide bonds. The van der Waals surface area contributed by atoms with Gasteiger partial charge in [0.1, 0.15) is 17.1 Å². The molecule has 0 atom stereocenters. The maximum absolute atomic E-state index is 6.57. The van der Waals surface area contributed by atoms with Gasteiger partial charge < -0.3 is 23.7 Å². The summed E-state index contributed by atoms with van der Waals surface area (Å²) in [7, 11) is 1.97. The predicted molar refractivity (Wildman–Crippen MR) is 240 cm³/mol. The summed E-state index contributed by atoms with van der Waals surface area (Å²) in [4.78, 5) is 13.4. The molecule has 6 aromatic carbocycles. The van der Waals surface area contributed by atoms with Crippen LogP contribution in [0.15, 0.2) is 187 Å². The van der Waals surface area contributed by atoms with Crippen molar-refractivity contribution in [1.82, 2.24) is 19.5 Å². The van der Waals surface area contributed by atoms with E-state index in [1.807, 2.05) is 121 Å². The Labute approximate surface area is 369 Å². The number of pyridine rings is 2. The van der Waals surface area contributed by atoms with E-state index in [4.69, 9.17) is 9.15 Å². The Morgan fingerprint density at radius 1 is 0.541 bits per heavy atom. The van der Waals surface area contributed by atoms with Crippen LogP contribution in [0.25, 0.3) is 55.8 Å². The van der Waals surface area contributed by atoms with Gasteiger partial charge in [-0.1, -0.05) is 89.3 Å². The van der Waals surface area contributed by atoms with Crippen molar-refractivity contribution < 1.29 is 29.3 Å². The SMILES string of the molecule is Cn1ccnc1-c1[c-]ccc2c1oc1ccccc12.[Ir+3].[c-]1ccccc1-c1cc(CCc2ccccc2Oc2ccccc2CCc2cc[c-]c(-c3ccccn3)c2)ccn1. The van der Waals surface area contributed by atoms with Crippen molar-refractivity contribution in [3.63, 3.8) is 0 Å². The molecular formula is C54H41IrN4O2. The third-order valence-corrected chi connectivity index (χ3v) is 10.5. The Hall–Kier alpha value is -6.92. The van der Waals surface area contributed by atoms with Crippen LogP contribution in [0.2, 0.25) is 0 Å². The van der Waals surface area contributed by atoms with Gasteiger partial charge in [-0.25, -0.2) is 0 Å². The first-order valence-corrected chi connectivity index (χ1v) is 20.1. The average molecular weight is 970 g/mol. The number of para-hydroxylation sites is 3. The number of aryl methyl sites for hydroxylation is 5. The minimum absolute atomic E-state index is 0. The van der Waals surface area contributed by atoms with Crippen LogP contribution < -0.4 is 4.74 Å². The number of benzene rings is 6. The molecule has 0 aliphatic heterocycles. The molecule has 0 aliphatic rings. The second-order valence-corrected chi connectivity index (χ2v) is 14.5. The van der Waals surface area contributed by atoms with Crippen LogP contribution in [0, 0.1) is 18.2 Å². The van der Waals surface area contributed by atoms with Crippen molar-refractivity contribution in [1.29, 1.82) is 0 Å². The number of furan rings is 1. The van der Waals surface area contributed by atoms with Crippen LogP contribution in [-0.2, 0) is 52.8 Å². The van der Waals surface area contributed by atoms with E-state index in [1.165, 1.54) is 22.3 Å². The number of rotatable bonds is 11. The zero-order valence-corrected chi connectivity index (χ0v) is 36.0. The van der Waals surface area contributed by atoms with Crippen molar-refractivity contribution in [3.8, 4) is 45.4 Å². The van der Waals surface area contributed by atoms with Gasteiger partial charge in [0, 0.05) is 37.2 Å². The molecule has 4 aromatic heterocycles. The zero-order valence-electron chi connectivity index (χ0n) is 33.6. The third kappa shape index (κ3) is 9.60. The average Bonchev–Trinajstić information content (AvgIpc) is 3.92. The van der Waals surface area contributed by atoms with E-state index >= 15 is 0 Å². The van der Waals surface area contributed by atoms with Crippen LogP contribution >= 0.6 is 0 Å². The van der Waals surface area contributed by atoms with Crippen LogP contribution in [0.5, 0.6) is 11.5 Å². The molecule has 0 N–H and O–H groups in total. The number of hydrogen-bond acceptors (Lipinski definition) is 5. The Morgan fingerprint density at radius 3 is 1.97 bits per heavy atom. The van der Waals surface area contributed by atoms with Crippen molar-refractivity contribution in [2.75, 3.05) is 0 Å². The number of aromatic nitrogens is 4. The van der Waals surface area contributed by atoms with E-state index in [-0.39, 0.29) is 20.1 Å². The van der Waals surface area contributed by atoms with E-state index in [0.29, 0.717) is 0 Å². The molecule has 10 rings (SSSR count). The quantitative estimate of drug-likeness (QED) is 0.121. The zero-order chi connectivity index (χ0) is 40.5. The molecule has 7 heteroatoms. The fourth-order valence-electron chi connectivity index (χ4n) is 7.43. The summed E-state index contributed by atoms with van der Waals surface area (Å²) in [5.74, 6) is 2.67. The van der Waals surface area contributed by atoms with E-state index in [9.17, 15) is 0 Å². The van der Waals surface area contributed by atoms with Gasteiger partial charge >= 0.3 is 20.1 Å². The minimum atomic E-state index is 0. The number of hydrogen-bond donors (Lipinski definition) is 0. The Kier molecular flexibility index (Phi) is 13.0. The summed E-state index contributed by atoms with van der Waals surface area (Å²) in [6, 6.07) is 63.0. The largest absolute Gasteiger partial charge is 3.00 e. The Morgan fingerprint density at radius 2 is 1.23 bits per heavy atom. The first kappa shape index (κ1) is 40.8. The van der Waals surface area contributed by atoms with Gasteiger partial charge in [0.05, 0.1) is 11.4 Å². The Balaban J connectivity index is 0.000000213. The number of nitrogens with zero attached hydrogens (tertiary/aromatic N) is 4. The first-order valence-electron chi connectivity index (χ1n) is 20.1. The summed E-state index contributed by atoms with van der Waals surface area (Å²) < 4.78 is 14.5. The van der Waals surface area contributed by atoms with Crippen molar-refractivity contribution in [2.24, 2.45) is 7.05 Å². The normalized spacial score (nSPS) is 10.8. The molecule has 298 valence electrons. The van der Waals surface area contributed by atoms with Gasteiger partial charge in [-0.3, -0.25) is 4.98 Å². The van der Waals surface area contributed by atoms with E-state index < -0.39 is 0 Å². The summed E-state index contributed by atoms with van der Waals surface area (Å²) in [5.41, 5.74) is 11.4. The predicted octanol–water partition coefficient (Wildman–Crippen LogP) is 12.6. The molecule has 10 aromatic rings. The van der Waals surface area contributed by atoms with Crippen molar-refractivity contribution in [3.05, 3.63) is 223 Å². The second-order valence-electron chi connectivity index (χ2n) is 14.5. The van der Waals surface area contributed by atoms with Crippen LogP contribution in [0.3, 0.4) is 0 Å². The monoisotopic (exact) mass is 970 g/mol. The first-order chi connectivity index (χ1) is 29.7. The van der Waals surface area contributed by atoms with Crippen molar-refractivity contribution >= 4 is 21.9 Å². The van der Waals surface area contributed by atoms with Crippen LogP contribution in [-0.4, -0.2) is 19.5 Å². The fraction of sp³-hybridized carbons (Fsp3) is 0.0926. The summed E-state index contributed by atoms with van der Waals surface area (Å²) in [5, 5.41) is 2.23. The molecule has 0 aliphatic carbocycles. The molecule has 0 bridgehead atoms. The molecule has 0 unspecified atom stereocenters. The van der Waals surface area contributed by atoms with Crippen LogP contribution in [0.4, 0.5) is 0 Å². The maximum Gasteiger partial charge on any atom is 3.00 e. The second kappa shape index (κ2) is 19.4. The molecule has 4 heterocycles. The molecule has 6 nitrogen and oxygen atoms in total. The maximum atomic E-state index is 6.57. The molecular weight excluding hydrogens is 929 g/mol. The molecule has 0 saturated carbocycles. The molecule has 0 spiro atoms. The number of imidazole rings is 1. The van der Waals surface area contributed by atoms with Gasteiger partial charge in [0.25, 0.3) is 0 Å². The van der Waals surface area contributed by atoms with Gasteiger partial charge in [-0.05, 0) is 78.5 Å². The van der Waals surface area contributed by atoms with Gasteiger partial charge in [-0.2, -0.15) is 0 Å². The summed E-state index contributed by atoms with van der Waals surface area (Å²) in [6.45, 7) is 0. The molecule has 0 radical (unpaired) electrons. The summed E-state index contributed by atoms with van der Waals surface area (Å²) in [6.07, 6.45) is 11.0. The van der Waals surface area contributed by atoms with E-state index in [1.54, 1.807) is 6.20 Å². The van der Waals surface area contributed by atoms with Crippen molar-refractivity contribution in [2.45, 2.75) is 25.7 Å². The molecule has 61 heavy (non-hydrogen) atoms. The van der Waals surface area contributed by atoms with Gasteiger partial charge in [0.15, 0.2) is 0 Å². The molecule has 0 fully saturated rings.